The third kappa shape index (κ3) is 3.70. The lowest BCUT2D eigenvalue weighted by atomic mass is 10.1. The molecule has 2 rings (SSSR count). The summed E-state index contributed by atoms with van der Waals surface area (Å²) in [6.07, 6.45) is 0. The van der Waals surface area contributed by atoms with E-state index in [2.05, 4.69) is 29.7 Å². The van der Waals surface area contributed by atoms with Crippen molar-refractivity contribution in [1.29, 1.82) is 0 Å². The van der Waals surface area contributed by atoms with Crippen molar-refractivity contribution in [3.05, 3.63) is 29.8 Å². The lowest BCUT2D eigenvalue weighted by Gasteiger charge is -2.26. The lowest BCUT2D eigenvalue weighted by Crippen LogP contribution is -2.47. The minimum absolute atomic E-state index is 0.309. The van der Waals surface area contributed by atoms with E-state index in [0.717, 1.165) is 32.1 Å². The number of rotatable bonds is 5. The van der Waals surface area contributed by atoms with Crippen LogP contribution in [0.2, 0.25) is 0 Å². The van der Waals surface area contributed by atoms with Gasteiger partial charge in [-0.15, -0.1) is 0 Å². The van der Waals surface area contributed by atoms with Crippen LogP contribution in [0.15, 0.2) is 24.3 Å². The summed E-state index contributed by atoms with van der Waals surface area (Å²) in [7, 11) is 1.69. The van der Waals surface area contributed by atoms with E-state index >= 15 is 0 Å². The fourth-order valence-corrected chi connectivity index (χ4v) is 2.10. The Morgan fingerprint density at radius 3 is 3.17 bits per heavy atom. The van der Waals surface area contributed by atoms with E-state index in [9.17, 15) is 0 Å². The summed E-state index contributed by atoms with van der Waals surface area (Å²) in [5, 5.41) is 6.96. The number of benzene rings is 1. The maximum Gasteiger partial charge on any atom is 0.119 e. The Kier molecular flexibility index (Phi) is 4.99. The summed E-state index contributed by atoms with van der Waals surface area (Å²) in [6, 6.07) is 8.89. The molecule has 0 saturated carbocycles. The van der Waals surface area contributed by atoms with Crippen LogP contribution in [0, 0.1) is 0 Å². The van der Waals surface area contributed by atoms with Gasteiger partial charge in [0, 0.05) is 25.2 Å². The topological polar surface area (TPSA) is 42.5 Å². The third-order valence-electron chi connectivity index (χ3n) is 3.26. The Balaban J connectivity index is 1.84. The van der Waals surface area contributed by atoms with Crippen LogP contribution in [-0.2, 0) is 4.74 Å². The second-order valence-electron chi connectivity index (χ2n) is 4.63. The van der Waals surface area contributed by atoms with Gasteiger partial charge in [-0.05, 0) is 24.6 Å². The van der Waals surface area contributed by atoms with Crippen molar-refractivity contribution >= 4 is 0 Å². The zero-order valence-corrected chi connectivity index (χ0v) is 11.1. The highest BCUT2D eigenvalue weighted by Gasteiger charge is 2.14. The van der Waals surface area contributed by atoms with E-state index in [1.165, 1.54) is 5.56 Å². The zero-order chi connectivity index (χ0) is 12.8. The number of nitrogens with one attached hydrogen (secondary N) is 2. The fourth-order valence-electron chi connectivity index (χ4n) is 2.10. The first-order chi connectivity index (χ1) is 8.79. The Morgan fingerprint density at radius 1 is 1.56 bits per heavy atom. The summed E-state index contributed by atoms with van der Waals surface area (Å²) >= 11 is 0. The van der Waals surface area contributed by atoms with Crippen molar-refractivity contribution in [1.82, 2.24) is 10.6 Å². The van der Waals surface area contributed by atoms with E-state index < -0.39 is 0 Å². The van der Waals surface area contributed by atoms with Gasteiger partial charge in [0.15, 0.2) is 0 Å². The highest BCUT2D eigenvalue weighted by molar-refractivity contribution is 5.30. The second-order valence-corrected chi connectivity index (χ2v) is 4.63. The maximum atomic E-state index is 5.43. The monoisotopic (exact) mass is 250 g/mol. The van der Waals surface area contributed by atoms with Gasteiger partial charge >= 0.3 is 0 Å². The molecule has 100 valence electrons. The van der Waals surface area contributed by atoms with Crippen molar-refractivity contribution in [2.75, 3.05) is 33.4 Å². The third-order valence-corrected chi connectivity index (χ3v) is 3.26. The Hall–Kier alpha value is -1.10. The van der Waals surface area contributed by atoms with Gasteiger partial charge in [0.05, 0.1) is 20.3 Å². The summed E-state index contributed by atoms with van der Waals surface area (Å²) in [5.41, 5.74) is 1.24. The predicted molar refractivity (Wildman–Crippen MR) is 72.0 cm³/mol. The van der Waals surface area contributed by atoms with Crippen LogP contribution in [0.25, 0.3) is 0 Å². The maximum absolute atomic E-state index is 5.43. The highest BCUT2D eigenvalue weighted by atomic mass is 16.5. The minimum Gasteiger partial charge on any atom is -0.497 e. The first-order valence-electron chi connectivity index (χ1n) is 6.48. The van der Waals surface area contributed by atoms with Crippen LogP contribution in [-0.4, -0.2) is 39.5 Å². The average molecular weight is 250 g/mol. The average Bonchev–Trinajstić information content (AvgIpc) is 2.46. The number of hydrogen-bond donors (Lipinski definition) is 2. The Labute approximate surface area is 109 Å². The molecule has 0 aromatic heterocycles. The Morgan fingerprint density at radius 2 is 2.44 bits per heavy atom. The molecule has 1 unspecified atom stereocenters. The van der Waals surface area contributed by atoms with Crippen molar-refractivity contribution < 1.29 is 9.47 Å². The van der Waals surface area contributed by atoms with Crippen LogP contribution >= 0.6 is 0 Å². The van der Waals surface area contributed by atoms with E-state index in [1.54, 1.807) is 7.11 Å². The SMILES string of the molecule is COc1cccc([C@@H](C)NCC2COCCN2)c1. The quantitative estimate of drug-likeness (QED) is 0.827. The molecule has 0 amide bonds. The molecule has 4 nitrogen and oxygen atoms in total. The van der Waals surface area contributed by atoms with E-state index in [-0.39, 0.29) is 0 Å². The van der Waals surface area contributed by atoms with Crippen LogP contribution in [0.3, 0.4) is 0 Å². The molecule has 2 N–H and O–H groups in total. The number of hydrogen-bond acceptors (Lipinski definition) is 4. The molecule has 0 bridgehead atoms. The van der Waals surface area contributed by atoms with Gasteiger partial charge in [-0.25, -0.2) is 0 Å². The standard InChI is InChI=1S/C14H22N2O2/c1-11(12-4-3-5-14(8-12)17-2)16-9-13-10-18-7-6-15-13/h3-5,8,11,13,15-16H,6-7,9-10H2,1-2H3/t11-,13?/m1/s1. The van der Waals surface area contributed by atoms with Crippen molar-refractivity contribution in [3.63, 3.8) is 0 Å². The number of morpholine rings is 1. The second kappa shape index (κ2) is 6.73. The molecule has 1 heterocycles. The molecule has 1 aromatic rings. The van der Waals surface area contributed by atoms with Gasteiger partial charge in [0.25, 0.3) is 0 Å². The zero-order valence-electron chi connectivity index (χ0n) is 11.1. The predicted octanol–water partition coefficient (Wildman–Crippen LogP) is 1.33. The van der Waals surface area contributed by atoms with E-state index in [4.69, 9.17) is 9.47 Å². The van der Waals surface area contributed by atoms with Gasteiger partial charge in [-0.3, -0.25) is 0 Å². The summed E-state index contributed by atoms with van der Waals surface area (Å²) in [6.45, 7) is 5.64. The number of ether oxygens (including phenoxy) is 2. The van der Waals surface area contributed by atoms with Crippen molar-refractivity contribution in [2.45, 2.75) is 19.0 Å². The molecule has 0 spiro atoms. The smallest absolute Gasteiger partial charge is 0.119 e. The molecule has 1 saturated heterocycles. The van der Waals surface area contributed by atoms with Gasteiger partial charge in [0.1, 0.15) is 5.75 Å². The molecule has 2 atom stereocenters. The molecule has 4 heteroatoms. The molecular formula is C14H22N2O2. The fraction of sp³-hybridized carbons (Fsp3) is 0.571. The van der Waals surface area contributed by atoms with Crippen LogP contribution in [0.1, 0.15) is 18.5 Å². The normalized spacial score (nSPS) is 21.6. The van der Waals surface area contributed by atoms with Gasteiger partial charge in [-0.2, -0.15) is 0 Å². The molecule has 18 heavy (non-hydrogen) atoms. The van der Waals surface area contributed by atoms with E-state index in [0.29, 0.717) is 12.1 Å². The minimum atomic E-state index is 0.309. The highest BCUT2D eigenvalue weighted by Crippen LogP contribution is 2.18. The van der Waals surface area contributed by atoms with Gasteiger partial charge in [-0.1, -0.05) is 12.1 Å². The van der Waals surface area contributed by atoms with Gasteiger partial charge < -0.3 is 20.1 Å². The Bertz CT molecular complexity index is 365. The lowest BCUT2D eigenvalue weighted by molar-refractivity contribution is 0.0760. The molecular weight excluding hydrogens is 228 g/mol. The first kappa shape index (κ1) is 13.3. The molecule has 1 aliphatic heterocycles. The molecule has 0 radical (unpaired) electrons. The van der Waals surface area contributed by atoms with Crippen molar-refractivity contribution in [3.8, 4) is 5.75 Å². The summed E-state index contributed by atoms with van der Waals surface area (Å²) in [5.74, 6) is 0.903. The molecule has 1 aromatic carbocycles. The van der Waals surface area contributed by atoms with E-state index in [1.807, 2.05) is 12.1 Å². The molecule has 0 aliphatic carbocycles. The molecule has 1 fully saturated rings. The summed E-state index contributed by atoms with van der Waals surface area (Å²) < 4.78 is 10.7. The van der Waals surface area contributed by atoms with Crippen LogP contribution in [0.5, 0.6) is 5.75 Å². The first-order valence-corrected chi connectivity index (χ1v) is 6.48. The van der Waals surface area contributed by atoms with Crippen molar-refractivity contribution in [2.24, 2.45) is 0 Å². The largest absolute Gasteiger partial charge is 0.497 e. The molecule has 1 aliphatic rings. The van der Waals surface area contributed by atoms with Crippen LogP contribution in [0.4, 0.5) is 0 Å². The summed E-state index contributed by atoms with van der Waals surface area (Å²) in [4.78, 5) is 0. The number of methoxy groups -OCH3 is 1. The van der Waals surface area contributed by atoms with Gasteiger partial charge in [0.2, 0.25) is 0 Å². The van der Waals surface area contributed by atoms with Crippen LogP contribution < -0.4 is 15.4 Å².